The molecule has 18 heavy (non-hydrogen) atoms. The van der Waals surface area contributed by atoms with Crippen LogP contribution in [0.4, 0.5) is 0 Å². The summed E-state index contributed by atoms with van der Waals surface area (Å²) in [7, 11) is 3.87. The quantitative estimate of drug-likeness (QED) is 0.868. The zero-order chi connectivity index (χ0) is 13.3. The van der Waals surface area contributed by atoms with Crippen molar-refractivity contribution < 1.29 is 4.74 Å². The molecule has 1 saturated carbocycles. The van der Waals surface area contributed by atoms with Gasteiger partial charge in [0.1, 0.15) is 5.75 Å². The lowest BCUT2D eigenvalue weighted by molar-refractivity contribution is 0.295. The van der Waals surface area contributed by atoms with Crippen LogP contribution in [0.25, 0.3) is 0 Å². The van der Waals surface area contributed by atoms with Gasteiger partial charge in [-0.15, -0.1) is 0 Å². The molecule has 2 rings (SSSR count). The molecule has 0 spiro atoms. The second-order valence-electron chi connectivity index (χ2n) is 5.80. The Morgan fingerprint density at radius 1 is 1.28 bits per heavy atom. The number of ether oxygens (including phenoxy) is 1. The summed E-state index contributed by atoms with van der Waals surface area (Å²) in [5.74, 6) is 0.999. The number of likely N-dealkylation sites (N-methyl/N-ethyl adjacent to an activating group) is 1. The standard InChI is InChI=1S/C15H24N2O/c1-11-7-13(8-12(2)14(11)18-4)9-17(3)10-15(16)5-6-15/h7-8H,5-6,9-10,16H2,1-4H3. The van der Waals surface area contributed by atoms with Gasteiger partial charge in [0, 0.05) is 18.6 Å². The van der Waals surface area contributed by atoms with Crippen LogP contribution < -0.4 is 10.5 Å². The summed E-state index contributed by atoms with van der Waals surface area (Å²) in [6, 6.07) is 4.41. The van der Waals surface area contributed by atoms with E-state index in [0.29, 0.717) is 0 Å². The van der Waals surface area contributed by atoms with Crippen LogP contribution in [0, 0.1) is 13.8 Å². The first kappa shape index (κ1) is 13.4. The lowest BCUT2D eigenvalue weighted by Crippen LogP contribution is -2.36. The lowest BCUT2D eigenvalue weighted by Gasteiger charge is -2.21. The zero-order valence-corrected chi connectivity index (χ0v) is 11.9. The topological polar surface area (TPSA) is 38.5 Å². The van der Waals surface area contributed by atoms with E-state index in [1.54, 1.807) is 7.11 Å². The maximum Gasteiger partial charge on any atom is 0.124 e. The van der Waals surface area contributed by atoms with Crippen molar-refractivity contribution in [3.8, 4) is 5.75 Å². The molecule has 1 aromatic carbocycles. The maximum atomic E-state index is 6.14. The van der Waals surface area contributed by atoms with E-state index in [1.165, 1.54) is 16.7 Å². The molecule has 0 heterocycles. The van der Waals surface area contributed by atoms with E-state index in [2.05, 4.69) is 37.9 Å². The van der Waals surface area contributed by atoms with Crippen molar-refractivity contribution in [2.75, 3.05) is 20.7 Å². The predicted octanol–water partition coefficient (Wildman–Crippen LogP) is 2.24. The second kappa shape index (κ2) is 4.90. The number of methoxy groups -OCH3 is 1. The Balaban J connectivity index is 2.05. The Labute approximate surface area is 110 Å². The summed E-state index contributed by atoms with van der Waals surface area (Å²) >= 11 is 0. The minimum atomic E-state index is 0.0886. The van der Waals surface area contributed by atoms with Gasteiger partial charge in [-0.25, -0.2) is 0 Å². The van der Waals surface area contributed by atoms with Gasteiger partial charge in [-0.1, -0.05) is 12.1 Å². The van der Waals surface area contributed by atoms with Crippen LogP contribution in [0.2, 0.25) is 0 Å². The Kier molecular flexibility index (Phi) is 3.64. The van der Waals surface area contributed by atoms with Gasteiger partial charge < -0.3 is 15.4 Å². The molecule has 0 unspecified atom stereocenters. The van der Waals surface area contributed by atoms with Gasteiger partial charge in [-0.05, 0) is 50.4 Å². The first-order valence-electron chi connectivity index (χ1n) is 6.55. The molecule has 3 heteroatoms. The number of hydrogen-bond acceptors (Lipinski definition) is 3. The normalized spacial score (nSPS) is 17.0. The van der Waals surface area contributed by atoms with E-state index in [0.717, 1.165) is 31.7 Å². The lowest BCUT2D eigenvalue weighted by atomic mass is 10.1. The van der Waals surface area contributed by atoms with Crippen molar-refractivity contribution >= 4 is 0 Å². The largest absolute Gasteiger partial charge is 0.496 e. The minimum Gasteiger partial charge on any atom is -0.496 e. The third-order valence-electron chi connectivity index (χ3n) is 3.65. The van der Waals surface area contributed by atoms with Crippen LogP contribution in [-0.4, -0.2) is 31.1 Å². The van der Waals surface area contributed by atoms with E-state index < -0.39 is 0 Å². The van der Waals surface area contributed by atoms with Crippen molar-refractivity contribution in [1.29, 1.82) is 0 Å². The van der Waals surface area contributed by atoms with Crippen LogP contribution in [-0.2, 0) is 6.54 Å². The highest BCUT2D eigenvalue weighted by molar-refractivity contribution is 5.43. The van der Waals surface area contributed by atoms with Gasteiger partial charge in [0.2, 0.25) is 0 Å². The molecule has 0 aromatic heterocycles. The van der Waals surface area contributed by atoms with Crippen LogP contribution >= 0.6 is 0 Å². The molecule has 0 radical (unpaired) electrons. The Morgan fingerprint density at radius 2 is 1.83 bits per heavy atom. The van der Waals surface area contributed by atoms with Gasteiger partial charge in [-0.2, -0.15) is 0 Å². The number of nitrogens with two attached hydrogens (primary N) is 1. The number of benzene rings is 1. The van der Waals surface area contributed by atoms with Crippen LogP contribution in [0.3, 0.4) is 0 Å². The fourth-order valence-corrected chi connectivity index (χ4v) is 2.68. The van der Waals surface area contributed by atoms with Gasteiger partial charge in [-0.3, -0.25) is 0 Å². The van der Waals surface area contributed by atoms with Crippen LogP contribution in [0.1, 0.15) is 29.5 Å². The molecule has 0 amide bonds. The molecular weight excluding hydrogens is 224 g/mol. The van der Waals surface area contributed by atoms with E-state index in [-0.39, 0.29) is 5.54 Å². The second-order valence-corrected chi connectivity index (χ2v) is 5.80. The highest BCUT2D eigenvalue weighted by Crippen LogP contribution is 2.33. The third kappa shape index (κ3) is 3.03. The SMILES string of the molecule is COc1c(C)cc(CN(C)CC2(N)CC2)cc1C. The molecule has 1 aliphatic rings. The molecule has 0 atom stereocenters. The Morgan fingerprint density at radius 3 is 2.28 bits per heavy atom. The molecule has 0 aliphatic heterocycles. The molecule has 3 nitrogen and oxygen atoms in total. The first-order valence-corrected chi connectivity index (χ1v) is 6.55. The highest BCUT2D eigenvalue weighted by Gasteiger charge is 2.38. The fraction of sp³-hybridized carbons (Fsp3) is 0.600. The molecule has 0 bridgehead atoms. The summed E-state index contributed by atoms with van der Waals surface area (Å²) < 4.78 is 5.39. The number of rotatable bonds is 5. The summed E-state index contributed by atoms with van der Waals surface area (Å²) in [4.78, 5) is 2.31. The van der Waals surface area contributed by atoms with Crippen molar-refractivity contribution in [3.63, 3.8) is 0 Å². The van der Waals surface area contributed by atoms with Crippen LogP contribution in [0.5, 0.6) is 5.75 Å². The summed E-state index contributed by atoms with van der Waals surface area (Å²) in [6.07, 6.45) is 2.33. The van der Waals surface area contributed by atoms with E-state index in [1.807, 2.05) is 0 Å². The third-order valence-corrected chi connectivity index (χ3v) is 3.65. The van der Waals surface area contributed by atoms with Crippen molar-refractivity contribution in [1.82, 2.24) is 4.90 Å². The molecule has 1 aromatic rings. The monoisotopic (exact) mass is 248 g/mol. The number of nitrogens with zero attached hydrogens (tertiary/aromatic N) is 1. The van der Waals surface area contributed by atoms with Gasteiger partial charge in [0.25, 0.3) is 0 Å². The van der Waals surface area contributed by atoms with E-state index in [4.69, 9.17) is 10.5 Å². The average molecular weight is 248 g/mol. The number of hydrogen-bond donors (Lipinski definition) is 1. The summed E-state index contributed by atoms with van der Waals surface area (Å²) in [6.45, 7) is 6.13. The molecular formula is C15H24N2O. The molecule has 100 valence electrons. The molecule has 2 N–H and O–H groups in total. The predicted molar refractivity (Wildman–Crippen MR) is 75.0 cm³/mol. The van der Waals surface area contributed by atoms with Gasteiger partial charge >= 0.3 is 0 Å². The van der Waals surface area contributed by atoms with E-state index in [9.17, 15) is 0 Å². The smallest absolute Gasteiger partial charge is 0.124 e. The molecule has 1 aliphatic carbocycles. The Hall–Kier alpha value is -1.06. The van der Waals surface area contributed by atoms with Gasteiger partial charge in [0.05, 0.1) is 7.11 Å². The highest BCUT2D eigenvalue weighted by atomic mass is 16.5. The first-order chi connectivity index (χ1) is 8.43. The number of aryl methyl sites for hydroxylation is 2. The maximum absolute atomic E-state index is 6.14. The Bertz CT molecular complexity index is 415. The summed E-state index contributed by atoms with van der Waals surface area (Å²) in [5.41, 5.74) is 9.97. The zero-order valence-electron chi connectivity index (χ0n) is 11.9. The molecule has 0 saturated heterocycles. The fourth-order valence-electron chi connectivity index (χ4n) is 2.68. The van der Waals surface area contributed by atoms with Crippen molar-refractivity contribution in [2.45, 2.75) is 38.8 Å². The minimum absolute atomic E-state index is 0.0886. The van der Waals surface area contributed by atoms with E-state index >= 15 is 0 Å². The average Bonchev–Trinajstić information content (AvgIpc) is 2.94. The van der Waals surface area contributed by atoms with Gasteiger partial charge in [0.15, 0.2) is 0 Å². The van der Waals surface area contributed by atoms with Crippen LogP contribution in [0.15, 0.2) is 12.1 Å². The summed E-state index contributed by atoms with van der Waals surface area (Å²) in [5, 5.41) is 0. The molecule has 1 fully saturated rings. The van der Waals surface area contributed by atoms with Crippen molar-refractivity contribution in [2.24, 2.45) is 5.73 Å². The van der Waals surface area contributed by atoms with Crippen molar-refractivity contribution in [3.05, 3.63) is 28.8 Å².